The molecule has 3 rings (SSSR count). The predicted octanol–water partition coefficient (Wildman–Crippen LogP) is 5.00. The van der Waals surface area contributed by atoms with Crippen LogP contribution in [-0.2, 0) is 9.53 Å². The van der Waals surface area contributed by atoms with E-state index in [9.17, 15) is 14.0 Å². The number of benzene rings is 2. The van der Waals surface area contributed by atoms with E-state index in [1.165, 1.54) is 6.07 Å². The molecule has 0 aliphatic carbocycles. The second-order valence-electron chi connectivity index (χ2n) is 9.04. The number of hydrogen-bond donors (Lipinski definition) is 1. The van der Waals surface area contributed by atoms with Crippen LogP contribution in [0.1, 0.15) is 38.2 Å². The molecule has 5 nitrogen and oxygen atoms in total. The molecule has 33 heavy (non-hydrogen) atoms. The Hall–Kier alpha value is -2.83. The zero-order chi connectivity index (χ0) is 24.0. The highest BCUT2D eigenvalue weighted by molar-refractivity contribution is 5.88. The Morgan fingerprint density at radius 2 is 1.88 bits per heavy atom. The number of ether oxygens (including phenoxy) is 1. The minimum atomic E-state index is -0.473. The van der Waals surface area contributed by atoms with Gasteiger partial charge in [-0.05, 0) is 55.6 Å². The topological polar surface area (TPSA) is 62.4 Å². The van der Waals surface area contributed by atoms with Gasteiger partial charge in [0.25, 0.3) is 5.56 Å². The third-order valence-corrected chi connectivity index (χ3v) is 5.82. The molecule has 0 bridgehead atoms. The fourth-order valence-electron chi connectivity index (χ4n) is 4.06. The summed E-state index contributed by atoms with van der Waals surface area (Å²) in [6.45, 7) is 5.91. The number of likely N-dealkylation sites (N-methyl/N-ethyl adjacent to an activating group) is 1. The quantitative estimate of drug-likeness (QED) is 0.416. The van der Waals surface area contributed by atoms with Gasteiger partial charge in [-0.1, -0.05) is 44.2 Å². The molecule has 3 aromatic rings. The Morgan fingerprint density at radius 3 is 2.58 bits per heavy atom. The van der Waals surface area contributed by atoms with Gasteiger partial charge in [0, 0.05) is 36.2 Å². The standard InChI is InChI=1S/C27H33FN2O3/c1-18(2)26(25(31)9-6-15-33-16-14-30(3)4)21-12-13-24(29-27(21)32)20-11-10-19-7-5-8-23(28)22(19)17-20/h5,7-8,10-13,17-18,26H,6,9,14-16H2,1-4H3,(H,29,32). The molecule has 0 amide bonds. The van der Waals surface area contributed by atoms with Gasteiger partial charge in [0.2, 0.25) is 0 Å². The van der Waals surface area contributed by atoms with E-state index in [1.807, 2.05) is 51.0 Å². The molecule has 1 atom stereocenters. The number of aromatic amines is 1. The minimum Gasteiger partial charge on any atom is -0.380 e. The monoisotopic (exact) mass is 452 g/mol. The van der Waals surface area contributed by atoms with E-state index in [1.54, 1.807) is 24.3 Å². The molecule has 0 fully saturated rings. The first kappa shape index (κ1) is 24.8. The molecular weight excluding hydrogens is 419 g/mol. The summed E-state index contributed by atoms with van der Waals surface area (Å²) < 4.78 is 19.8. The first-order chi connectivity index (χ1) is 15.8. The van der Waals surface area contributed by atoms with Gasteiger partial charge in [-0.2, -0.15) is 0 Å². The largest absolute Gasteiger partial charge is 0.380 e. The number of halogens is 1. The Bertz CT molecular complexity index is 1150. The number of fused-ring (bicyclic) bond motifs is 1. The molecule has 0 aliphatic heterocycles. The van der Waals surface area contributed by atoms with E-state index in [2.05, 4.69) is 4.98 Å². The number of carbonyl (C=O) groups is 1. The number of ketones is 1. The van der Waals surface area contributed by atoms with Gasteiger partial charge < -0.3 is 14.6 Å². The van der Waals surface area contributed by atoms with E-state index in [4.69, 9.17) is 4.74 Å². The van der Waals surface area contributed by atoms with E-state index in [0.29, 0.717) is 42.7 Å². The van der Waals surface area contributed by atoms with Crippen LogP contribution in [0.4, 0.5) is 4.39 Å². The summed E-state index contributed by atoms with van der Waals surface area (Å²) in [7, 11) is 3.97. The first-order valence-electron chi connectivity index (χ1n) is 11.4. The molecule has 0 saturated heterocycles. The van der Waals surface area contributed by atoms with Gasteiger partial charge in [-0.15, -0.1) is 0 Å². The van der Waals surface area contributed by atoms with Crippen molar-refractivity contribution in [2.24, 2.45) is 5.92 Å². The average molecular weight is 453 g/mol. The molecule has 0 aliphatic rings. The van der Waals surface area contributed by atoms with Crippen molar-refractivity contribution >= 4 is 16.6 Å². The van der Waals surface area contributed by atoms with Crippen molar-refractivity contribution in [3.05, 3.63) is 70.3 Å². The zero-order valence-corrected chi connectivity index (χ0v) is 19.9. The van der Waals surface area contributed by atoms with Crippen molar-refractivity contribution in [1.82, 2.24) is 9.88 Å². The maximum Gasteiger partial charge on any atom is 0.252 e. The molecule has 0 saturated carbocycles. The summed E-state index contributed by atoms with van der Waals surface area (Å²) in [5.74, 6) is -0.732. The number of pyridine rings is 1. The number of nitrogens with one attached hydrogen (secondary N) is 1. The lowest BCUT2D eigenvalue weighted by Crippen LogP contribution is -2.26. The van der Waals surface area contributed by atoms with E-state index < -0.39 is 5.92 Å². The number of carbonyl (C=O) groups excluding carboxylic acids is 1. The van der Waals surface area contributed by atoms with Crippen molar-refractivity contribution in [3.8, 4) is 11.3 Å². The number of nitrogens with zero attached hydrogens (tertiary/aromatic N) is 1. The summed E-state index contributed by atoms with van der Waals surface area (Å²) in [6.07, 6.45) is 1.00. The fourth-order valence-corrected chi connectivity index (χ4v) is 4.06. The molecule has 1 unspecified atom stereocenters. The van der Waals surface area contributed by atoms with E-state index in [-0.39, 0.29) is 23.1 Å². The van der Waals surface area contributed by atoms with Crippen molar-refractivity contribution in [1.29, 1.82) is 0 Å². The molecule has 1 N–H and O–H groups in total. The van der Waals surface area contributed by atoms with Gasteiger partial charge in [0.15, 0.2) is 0 Å². The average Bonchev–Trinajstić information content (AvgIpc) is 2.77. The zero-order valence-electron chi connectivity index (χ0n) is 19.9. The second-order valence-corrected chi connectivity index (χ2v) is 9.04. The van der Waals surface area contributed by atoms with Crippen LogP contribution in [0, 0.1) is 11.7 Å². The first-order valence-corrected chi connectivity index (χ1v) is 11.4. The summed E-state index contributed by atoms with van der Waals surface area (Å²) in [4.78, 5) is 30.9. The molecule has 2 aromatic carbocycles. The SMILES string of the molecule is CC(C)C(C(=O)CCCOCCN(C)C)c1ccc(-c2ccc3cccc(F)c3c2)[nH]c1=O. The highest BCUT2D eigenvalue weighted by Gasteiger charge is 2.26. The maximum absolute atomic E-state index is 14.2. The molecule has 6 heteroatoms. The van der Waals surface area contributed by atoms with E-state index >= 15 is 0 Å². The normalized spacial score (nSPS) is 12.6. The van der Waals surface area contributed by atoms with Crippen molar-refractivity contribution in [2.75, 3.05) is 33.9 Å². The van der Waals surface area contributed by atoms with Crippen molar-refractivity contribution < 1.29 is 13.9 Å². The van der Waals surface area contributed by atoms with Gasteiger partial charge in [-0.3, -0.25) is 9.59 Å². The summed E-state index contributed by atoms with van der Waals surface area (Å²) in [5.41, 5.74) is 1.51. The molecule has 1 aromatic heterocycles. The van der Waals surface area contributed by atoms with Crippen molar-refractivity contribution in [2.45, 2.75) is 32.6 Å². The van der Waals surface area contributed by atoms with Crippen LogP contribution in [0.3, 0.4) is 0 Å². The number of hydrogen-bond acceptors (Lipinski definition) is 4. The van der Waals surface area contributed by atoms with Crippen LogP contribution in [0.15, 0.2) is 53.3 Å². The van der Waals surface area contributed by atoms with Crippen LogP contribution >= 0.6 is 0 Å². The smallest absolute Gasteiger partial charge is 0.252 e. The highest BCUT2D eigenvalue weighted by Crippen LogP contribution is 2.28. The molecular formula is C27H33FN2O3. The number of rotatable bonds is 11. The van der Waals surface area contributed by atoms with Gasteiger partial charge in [0.1, 0.15) is 11.6 Å². The molecule has 1 heterocycles. The van der Waals surface area contributed by atoms with Crippen LogP contribution < -0.4 is 5.56 Å². The molecule has 0 radical (unpaired) electrons. The number of aromatic nitrogens is 1. The molecule has 0 spiro atoms. The highest BCUT2D eigenvalue weighted by atomic mass is 19.1. The second kappa shape index (κ2) is 11.3. The minimum absolute atomic E-state index is 0.00567. The fraction of sp³-hybridized carbons (Fsp3) is 0.407. The summed E-state index contributed by atoms with van der Waals surface area (Å²) >= 11 is 0. The Labute approximate surface area is 194 Å². The lowest BCUT2D eigenvalue weighted by Gasteiger charge is -2.20. The third-order valence-electron chi connectivity index (χ3n) is 5.82. The Morgan fingerprint density at radius 1 is 1.09 bits per heavy atom. The molecule has 176 valence electrons. The predicted molar refractivity (Wildman–Crippen MR) is 131 cm³/mol. The maximum atomic E-state index is 14.2. The Kier molecular flexibility index (Phi) is 8.53. The number of H-pyrrole nitrogens is 1. The summed E-state index contributed by atoms with van der Waals surface area (Å²) in [5, 5.41) is 1.30. The summed E-state index contributed by atoms with van der Waals surface area (Å²) in [6, 6.07) is 13.9. The Balaban J connectivity index is 1.74. The lowest BCUT2D eigenvalue weighted by molar-refractivity contribution is -0.121. The van der Waals surface area contributed by atoms with Crippen LogP contribution in [0.2, 0.25) is 0 Å². The number of Topliss-reactive ketones (excluding diaryl/α,β-unsaturated/α-hetero) is 1. The third kappa shape index (κ3) is 6.36. The van der Waals surface area contributed by atoms with Crippen molar-refractivity contribution in [3.63, 3.8) is 0 Å². The van der Waals surface area contributed by atoms with Crippen LogP contribution in [0.25, 0.3) is 22.0 Å². The van der Waals surface area contributed by atoms with Crippen LogP contribution in [0.5, 0.6) is 0 Å². The lowest BCUT2D eigenvalue weighted by atomic mass is 9.84. The van der Waals surface area contributed by atoms with Crippen LogP contribution in [-0.4, -0.2) is 49.5 Å². The van der Waals surface area contributed by atoms with Gasteiger partial charge in [-0.25, -0.2) is 4.39 Å². The van der Waals surface area contributed by atoms with E-state index in [0.717, 1.165) is 17.5 Å². The van der Waals surface area contributed by atoms with Gasteiger partial charge in [0.05, 0.1) is 12.5 Å². The van der Waals surface area contributed by atoms with Gasteiger partial charge >= 0.3 is 0 Å².